The van der Waals surface area contributed by atoms with Crippen LogP contribution in [0.5, 0.6) is 11.5 Å². The SMILES string of the molecule is COc1ccc(OC)c(CCC(=O)Nc2nc(-c3ccc(C(C)NC(C)=O)cc3)cs2)c1. The molecular formula is C24H27N3O4S. The molecule has 2 N–H and O–H groups in total. The van der Waals surface area contributed by atoms with Crippen LogP contribution in [-0.4, -0.2) is 31.0 Å². The molecule has 1 heterocycles. The van der Waals surface area contributed by atoms with Gasteiger partial charge in [0.2, 0.25) is 11.8 Å². The van der Waals surface area contributed by atoms with E-state index >= 15 is 0 Å². The minimum absolute atomic E-state index is 0.0601. The van der Waals surface area contributed by atoms with E-state index in [-0.39, 0.29) is 17.9 Å². The Morgan fingerprint density at radius 2 is 1.84 bits per heavy atom. The number of nitrogens with zero attached hydrogens (tertiary/aromatic N) is 1. The smallest absolute Gasteiger partial charge is 0.226 e. The van der Waals surface area contributed by atoms with E-state index in [1.807, 2.05) is 54.8 Å². The average Bonchev–Trinajstić information content (AvgIpc) is 3.25. The van der Waals surface area contributed by atoms with Gasteiger partial charge in [0, 0.05) is 24.3 Å². The molecule has 0 aliphatic rings. The molecule has 2 aromatic carbocycles. The molecule has 3 aromatic rings. The van der Waals surface area contributed by atoms with Crippen LogP contribution in [-0.2, 0) is 16.0 Å². The Balaban J connectivity index is 1.59. The minimum atomic E-state index is -0.116. The Hall–Kier alpha value is -3.39. The fourth-order valence-corrected chi connectivity index (χ4v) is 4.04. The van der Waals surface area contributed by atoms with Gasteiger partial charge in [-0.05, 0) is 42.7 Å². The average molecular weight is 454 g/mol. The lowest BCUT2D eigenvalue weighted by Gasteiger charge is -2.13. The zero-order valence-electron chi connectivity index (χ0n) is 18.6. The standard InChI is InChI=1S/C24H27N3O4S/c1-15(25-16(2)28)17-5-7-18(8-6-17)21-14-32-24(26-21)27-23(29)12-9-19-13-20(30-3)10-11-22(19)31-4/h5-8,10-11,13-15H,9,12H2,1-4H3,(H,25,28)(H,26,27,29). The molecule has 1 unspecified atom stereocenters. The van der Waals surface area contributed by atoms with Crippen molar-refractivity contribution in [1.29, 1.82) is 0 Å². The number of carbonyl (C=O) groups is 2. The fraction of sp³-hybridized carbons (Fsp3) is 0.292. The van der Waals surface area contributed by atoms with E-state index in [1.54, 1.807) is 14.2 Å². The normalized spacial score (nSPS) is 11.5. The third kappa shape index (κ3) is 6.07. The summed E-state index contributed by atoms with van der Waals surface area (Å²) in [5, 5.41) is 8.20. The molecule has 168 valence electrons. The van der Waals surface area contributed by atoms with Crippen LogP contribution >= 0.6 is 11.3 Å². The molecule has 7 nitrogen and oxygen atoms in total. The molecule has 0 saturated carbocycles. The molecule has 2 amide bonds. The number of carbonyl (C=O) groups excluding carboxylic acids is 2. The Morgan fingerprint density at radius 1 is 1.09 bits per heavy atom. The van der Waals surface area contributed by atoms with Gasteiger partial charge >= 0.3 is 0 Å². The molecule has 0 radical (unpaired) electrons. The van der Waals surface area contributed by atoms with Crippen LogP contribution in [0, 0.1) is 0 Å². The number of hydrogen-bond acceptors (Lipinski definition) is 6. The van der Waals surface area contributed by atoms with Gasteiger partial charge in [0.1, 0.15) is 11.5 Å². The van der Waals surface area contributed by atoms with Crippen molar-refractivity contribution >= 4 is 28.3 Å². The number of amides is 2. The molecule has 1 aromatic heterocycles. The highest BCUT2D eigenvalue weighted by Gasteiger charge is 2.12. The number of aromatic nitrogens is 1. The highest BCUT2D eigenvalue weighted by molar-refractivity contribution is 7.14. The zero-order chi connectivity index (χ0) is 23.1. The summed E-state index contributed by atoms with van der Waals surface area (Å²) in [7, 11) is 3.21. The van der Waals surface area contributed by atoms with Gasteiger partial charge < -0.3 is 20.1 Å². The molecule has 1 atom stereocenters. The van der Waals surface area contributed by atoms with Crippen LogP contribution in [0.1, 0.15) is 37.4 Å². The molecule has 0 aliphatic carbocycles. The Kier molecular flexibility index (Phi) is 7.83. The fourth-order valence-electron chi connectivity index (χ4n) is 3.30. The number of nitrogens with one attached hydrogen (secondary N) is 2. The number of thiazole rings is 1. The number of benzene rings is 2. The molecule has 0 saturated heterocycles. The predicted octanol–water partition coefficient (Wildman–Crippen LogP) is 4.60. The van der Waals surface area contributed by atoms with E-state index in [9.17, 15) is 9.59 Å². The summed E-state index contributed by atoms with van der Waals surface area (Å²) in [6.45, 7) is 3.44. The molecule has 0 aliphatic heterocycles. The molecule has 0 spiro atoms. The second-order valence-corrected chi connectivity index (χ2v) is 8.17. The monoisotopic (exact) mass is 453 g/mol. The summed E-state index contributed by atoms with van der Waals surface area (Å²) in [5.74, 6) is 1.27. The first-order valence-electron chi connectivity index (χ1n) is 10.2. The highest BCUT2D eigenvalue weighted by atomic mass is 32.1. The summed E-state index contributed by atoms with van der Waals surface area (Å²) in [4.78, 5) is 28.2. The first kappa shape index (κ1) is 23.3. The first-order chi connectivity index (χ1) is 15.4. The van der Waals surface area contributed by atoms with Crippen LogP contribution in [0.3, 0.4) is 0 Å². The molecule has 32 heavy (non-hydrogen) atoms. The predicted molar refractivity (Wildman–Crippen MR) is 126 cm³/mol. The van der Waals surface area contributed by atoms with E-state index in [0.717, 1.165) is 33.9 Å². The summed E-state index contributed by atoms with van der Waals surface area (Å²) < 4.78 is 10.6. The first-order valence-corrected chi connectivity index (χ1v) is 11.1. The van der Waals surface area contributed by atoms with Crippen molar-refractivity contribution in [3.05, 3.63) is 59.0 Å². The topological polar surface area (TPSA) is 89.6 Å². The van der Waals surface area contributed by atoms with Crippen molar-refractivity contribution in [1.82, 2.24) is 10.3 Å². The lowest BCUT2D eigenvalue weighted by molar-refractivity contribution is -0.119. The molecular weight excluding hydrogens is 426 g/mol. The van der Waals surface area contributed by atoms with Gasteiger partial charge in [-0.3, -0.25) is 9.59 Å². The Labute approximate surface area is 191 Å². The maximum atomic E-state index is 12.4. The van der Waals surface area contributed by atoms with Crippen molar-refractivity contribution in [2.45, 2.75) is 32.7 Å². The second-order valence-electron chi connectivity index (χ2n) is 7.31. The van der Waals surface area contributed by atoms with Gasteiger partial charge in [0.15, 0.2) is 5.13 Å². The quantitative estimate of drug-likeness (QED) is 0.494. The van der Waals surface area contributed by atoms with Gasteiger partial charge in [-0.2, -0.15) is 0 Å². The maximum absolute atomic E-state index is 12.4. The second kappa shape index (κ2) is 10.8. The zero-order valence-corrected chi connectivity index (χ0v) is 19.4. The lowest BCUT2D eigenvalue weighted by atomic mass is 10.1. The third-order valence-corrected chi connectivity index (χ3v) is 5.74. The maximum Gasteiger partial charge on any atom is 0.226 e. The van der Waals surface area contributed by atoms with E-state index in [1.165, 1.54) is 18.3 Å². The number of rotatable bonds is 9. The van der Waals surface area contributed by atoms with Crippen molar-refractivity contribution in [2.24, 2.45) is 0 Å². The summed E-state index contributed by atoms with van der Waals surface area (Å²) in [6.07, 6.45) is 0.826. The van der Waals surface area contributed by atoms with Crippen LogP contribution in [0.4, 0.5) is 5.13 Å². The van der Waals surface area contributed by atoms with E-state index < -0.39 is 0 Å². The Morgan fingerprint density at radius 3 is 2.50 bits per heavy atom. The molecule has 0 fully saturated rings. The number of aryl methyl sites for hydroxylation is 1. The van der Waals surface area contributed by atoms with Crippen LogP contribution in [0.15, 0.2) is 47.8 Å². The van der Waals surface area contributed by atoms with Crippen molar-refractivity contribution in [3.63, 3.8) is 0 Å². The molecule has 3 rings (SSSR count). The van der Waals surface area contributed by atoms with Gasteiger partial charge in [-0.25, -0.2) is 4.98 Å². The van der Waals surface area contributed by atoms with Crippen LogP contribution in [0.25, 0.3) is 11.3 Å². The van der Waals surface area contributed by atoms with Gasteiger partial charge in [-0.15, -0.1) is 11.3 Å². The Bertz CT molecular complexity index is 1080. The molecule has 8 heteroatoms. The summed E-state index contributed by atoms with van der Waals surface area (Å²) >= 11 is 1.38. The van der Waals surface area contributed by atoms with Crippen molar-refractivity contribution in [2.75, 3.05) is 19.5 Å². The number of anilines is 1. The van der Waals surface area contributed by atoms with Crippen molar-refractivity contribution in [3.8, 4) is 22.8 Å². The largest absolute Gasteiger partial charge is 0.497 e. The van der Waals surface area contributed by atoms with E-state index in [4.69, 9.17) is 9.47 Å². The third-order valence-electron chi connectivity index (χ3n) is 4.99. The van der Waals surface area contributed by atoms with Gasteiger partial charge in [0.05, 0.1) is 26.0 Å². The van der Waals surface area contributed by atoms with E-state index in [2.05, 4.69) is 15.6 Å². The van der Waals surface area contributed by atoms with Crippen LogP contribution < -0.4 is 20.1 Å². The lowest BCUT2D eigenvalue weighted by Crippen LogP contribution is -2.23. The minimum Gasteiger partial charge on any atom is -0.497 e. The summed E-state index contributed by atoms with van der Waals surface area (Å²) in [6, 6.07) is 13.3. The highest BCUT2D eigenvalue weighted by Crippen LogP contribution is 2.27. The van der Waals surface area contributed by atoms with Crippen molar-refractivity contribution < 1.29 is 19.1 Å². The number of ether oxygens (including phenoxy) is 2. The van der Waals surface area contributed by atoms with Gasteiger partial charge in [0.25, 0.3) is 0 Å². The van der Waals surface area contributed by atoms with Gasteiger partial charge in [-0.1, -0.05) is 24.3 Å². The molecule has 0 bridgehead atoms. The number of hydrogen-bond donors (Lipinski definition) is 2. The van der Waals surface area contributed by atoms with Crippen LogP contribution in [0.2, 0.25) is 0 Å². The number of methoxy groups -OCH3 is 2. The van der Waals surface area contributed by atoms with E-state index in [0.29, 0.717) is 18.0 Å². The summed E-state index contributed by atoms with van der Waals surface area (Å²) in [5.41, 5.74) is 3.66.